The summed E-state index contributed by atoms with van der Waals surface area (Å²) in [5.74, 6) is -0.229. The molecule has 0 saturated carbocycles. The number of aromatic nitrogens is 1. The first kappa shape index (κ1) is 11.3. The summed E-state index contributed by atoms with van der Waals surface area (Å²) in [7, 11) is 0. The van der Waals surface area contributed by atoms with E-state index in [2.05, 4.69) is 4.98 Å². The van der Waals surface area contributed by atoms with Crippen molar-refractivity contribution in [3.05, 3.63) is 47.8 Å². The summed E-state index contributed by atoms with van der Waals surface area (Å²) in [6, 6.07) is 9.55. The molecule has 17 heavy (non-hydrogen) atoms. The van der Waals surface area contributed by atoms with E-state index in [-0.39, 0.29) is 11.6 Å². The zero-order valence-electron chi connectivity index (χ0n) is 9.78. The molecule has 2 rings (SSSR count). The van der Waals surface area contributed by atoms with Crippen molar-refractivity contribution in [1.82, 2.24) is 4.98 Å². The molecule has 1 aromatic carbocycles. The molecule has 0 bridgehead atoms. The van der Waals surface area contributed by atoms with Crippen LogP contribution in [0.15, 0.2) is 36.5 Å². The second-order valence-electron chi connectivity index (χ2n) is 3.93. The van der Waals surface area contributed by atoms with Crippen LogP contribution in [0.2, 0.25) is 0 Å². The molecule has 1 N–H and O–H groups in total. The number of rotatable bonds is 3. The molecule has 0 spiro atoms. The normalized spacial score (nSPS) is 10.2. The third kappa shape index (κ3) is 2.04. The lowest BCUT2D eigenvalue weighted by Crippen LogP contribution is -2.03. The molecule has 0 radical (unpaired) electrons. The summed E-state index contributed by atoms with van der Waals surface area (Å²) >= 11 is 0. The second-order valence-corrected chi connectivity index (χ2v) is 3.93. The smallest absolute Gasteiger partial charge is 0.176 e. The number of nitrogens with one attached hydrogen (secondary N) is 1. The maximum atomic E-state index is 11.7. The van der Waals surface area contributed by atoms with Crippen molar-refractivity contribution in [3.8, 4) is 11.1 Å². The van der Waals surface area contributed by atoms with Gasteiger partial charge in [0.15, 0.2) is 11.6 Å². The van der Waals surface area contributed by atoms with Crippen molar-refractivity contribution in [2.45, 2.75) is 13.8 Å². The molecular weight excluding hydrogens is 214 g/mol. The Balaban J connectivity index is 2.64. The number of carbonyl (C=O) groups is 2. The zero-order valence-corrected chi connectivity index (χ0v) is 9.78. The Kier molecular flexibility index (Phi) is 2.91. The molecule has 0 unspecified atom stereocenters. The Morgan fingerprint density at radius 1 is 1.00 bits per heavy atom. The van der Waals surface area contributed by atoms with Gasteiger partial charge in [0, 0.05) is 18.7 Å². The van der Waals surface area contributed by atoms with Crippen molar-refractivity contribution >= 4 is 11.6 Å². The van der Waals surface area contributed by atoms with Crippen LogP contribution in [0.25, 0.3) is 11.1 Å². The molecule has 1 heterocycles. The predicted molar refractivity (Wildman–Crippen MR) is 66.2 cm³/mol. The van der Waals surface area contributed by atoms with E-state index >= 15 is 0 Å². The first-order chi connectivity index (χ1) is 8.11. The maximum absolute atomic E-state index is 11.7. The van der Waals surface area contributed by atoms with E-state index < -0.39 is 0 Å². The molecule has 0 saturated heterocycles. The molecule has 2 aromatic rings. The molecule has 1 aromatic heterocycles. The summed E-state index contributed by atoms with van der Waals surface area (Å²) in [5.41, 5.74) is 2.57. The van der Waals surface area contributed by atoms with Crippen LogP contribution in [0.4, 0.5) is 0 Å². The summed E-state index contributed by atoms with van der Waals surface area (Å²) in [6.07, 6.45) is 1.71. The molecular formula is C14H13NO2. The van der Waals surface area contributed by atoms with Crippen molar-refractivity contribution < 1.29 is 9.59 Å². The number of H-pyrrole nitrogens is 1. The van der Waals surface area contributed by atoms with Crippen LogP contribution in [0.5, 0.6) is 0 Å². The van der Waals surface area contributed by atoms with Gasteiger partial charge in [0.1, 0.15) is 0 Å². The Hall–Kier alpha value is -2.16. The molecule has 0 fully saturated rings. The highest BCUT2D eigenvalue weighted by Crippen LogP contribution is 2.26. The highest BCUT2D eigenvalue weighted by Gasteiger charge is 2.18. The topological polar surface area (TPSA) is 49.9 Å². The van der Waals surface area contributed by atoms with Gasteiger partial charge >= 0.3 is 0 Å². The molecule has 86 valence electrons. The second kappa shape index (κ2) is 4.37. The first-order valence-electron chi connectivity index (χ1n) is 5.40. The van der Waals surface area contributed by atoms with Gasteiger partial charge in [0.2, 0.25) is 0 Å². The Morgan fingerprint density at radius 2 is 1.65 bits per heavy atom. The van der Waals surface area contributed by atoms with Crippen molar-refractivity contribution in [1.29, 1.82) is 0 Å². The fourth-order valence-corrected chi connectivity index (χ4v) is 1.91. The Morgan fingerprint density at radius 3 is 2.18 bits per heavy atom. The number of hydrogen-bond donors (Lipinski definition) is 1. The van der Waals surface area contributed by atoms with Crippen LogP contribution in [0.1, 0.15) is 34.7 Å². The molecule has 3 heteroatoms. The third-order valence-electron chi connectivity index (χ3n) is 2.67. The van der Waals surface area contributed by atoms with E-state index in [0.29, 0.717) is 11.3 Å². The predicted octanol–water partition coefficient (Wildman–Crippen LogP) is 3.09. The minimum Gasteiger partial charge on any atom is -0.358 e. The number of ketones is 2. The summed E-state index contributed by atoms with van der Waals surface area (Å²) in [4.78, 5) is 26.0. The van der Waals surface area contributed by atoms with E-state index in [9.17, 15) is 9.59 Å². The van der Waals surface area contributed by atoms with Crippen LogP contribution in [-0.2, 0) is 0 Å². The Bertz CT molecular complexity index is 567. The van der Waals surface area contributed by atoms with Crippen LogP contribution < -0.4 is 0 Å². The summed E-state index contributed by atoms with van der Waals surface area (Å²) in [6.45, 7) is 2.93. The van der Waals surface area contributed by atoms with Crippen LogP contribution >= 0.6 is 0 Å². The van der Waals surface area contributed by atoms with E-state index in [4.69, 9.17) is 0 Å². The van der Waals surface area contributed by atoms with Gasteiger partial charge in [-0.2, -0.15) is 0 Å². The van der Waals surface area contributed by atoms with Crippen molar-refractivity contribution in [2.75, 3.05) is 0 Å². The van der Waals surface area contributed by atoms with Crippen LogP contribution in [0, 0.1) is 0 Å². The third-order valence-corrected chi connectivity index (χ3v) is 2.67. The fraction of sp³-hybridized carbons (Fsp3) is 0.143. The van der Waals surface area contributed by atoms with Gasteiger partial charge < -0.3 is 4.98 Å². The molecule has 0 aliphatic heterocycles. The molecule has 0 aliphatic rings. The largest absolute Gasteiger partial charge is 0.358 e. The molecule has 0 atom stereocenters. The average molecular weight is 227 g/mol. The summed E-state index contributed by atoms with van der Waals surface area (Å²) < 4.78 is 0. The average Bonchev–Trinajstić information content (AvgIpc) is 2.74. The molecule has 3 nitrogen and oxygen atoms in total. The van der Waals surface area contributed by atoms with Gasteiger partial charge in [-0.25, -0.2) is 0 Å². The minimum atomic E-state index is -0.127. The number of Topliss-reactive ketones (excluding diaryl/α,β-unsaturated/α-hetero) is 2. The van der Waals surface area contributed by atoms with Gasteiger partial charge in [0.25, 0.3) is 0 Å². The standard InChI is InChI=1S/C14H13NO2/c1-9(16)13-12(8-15-14(13)10(2)17)11-6-4-3-5-7-11/h3-8,15H,1-2H3. The quantitative estimate of drug-likeness (QED) is 0.819. The lowest BCUT2D eigenvalue weighted by Gasteiger charge is -2.02. The first-order valence-corrected chi connectivity index (χ1v) is 5.40. The van der Waals surface area contributed by atoms with E-state index in [0.717, 1.165) is 11.1 Å². The number of hydrogen-bond acceptors (Lipinski definition) is 2. The number of carbonyl (C=O) groups excluding carboxylic acids is 2. The molecule has 0 amide bonds. The molecule has 0 aliphatic carbocycles. The van der Waals surface area contributed by atoms with Crippen LogP contribution in [0.3, 0.4) is 0 Å². The lowest BCUT2D eigenvalue weighted by molar-refractivity contribution is 0.0979. The van der Waals surface area contributed by atoms with Gasteiger partial charge in [-0.15, -0.1) is 0 Å². The highest BCUT2D eigenvalue weighted by atomic mass is 16.1. The number of benzene rings is 1. The van der Waals surface area contributed by atoms with E-state index in [1.807, 2.05) is 30.3 Å². The summed E-state index contributed by atoms with van der Waals surface area (Å²) in [5, 5.41) is 0. The van der Waals surface area contributed by atoms with E-state index in [1.54, 1.807) is 6.20 Å². The van der Waals surface area contributed by atoms with Crippen molar-refractivity contribution in [2.24, 2.45) is 0 Å². The van der Waals surface area contributed by atoms with Crippen LogP contribution in [-0.4, -0.2) is 16.6 Å². The van der Waals surface area contributed by atoms with Gasteiger partial charge in [0.05, 0.1) is 11.3 Å². The van der Waals surface area contributed by atoms with Crippen molar-refractivity contribution in [3.63, 3.8) is 0 Å². The van der Waals surface area contributed by atoms with Gasteiger partial charge in [-0.1, -0.05) is 30.3 Å². The maximum Gasteiger partial charge on any atom is 0.176 e. The van der Waals surface area contributed by atoms with Gasteiger partial charge in [-0.05, 0) is 12.5 Å². The van der Waals surface area contributed by atoms with E-state index in [1.165, 1.54) is 13.8 Å². The van der Waals surface area contributed by atoms with Gasteiger partial charge in [-0.3, -0.25) is 9.59 Å². The highest BCUT2D eigenvalue weighted by molar-refractivity contribution is 6.10. The lowest BCUT2D eigenvalue weighted by atomic mass is 9.99. The fourth-order valence-electron chi connectivity index (χ4n) is 1.91. The zero-order chi connectivity index (χ0) is 12.4. The monoisotopic (exact) mass is 227 g/mol. The number of aromatic amines is 1. The Labute approximate surface area is 99.5 Å². The minimum absolute atomic E-state index is 0.102. The SMILES string of the molecule is CC(=O)c1[nH]cc(-c2ccccc2)c1C(C)=O.